The SMILES string of the molecule is CCNC(c1ccc(C)cc1)c1ccc(Cl)cc1C. The van der Waals surface area contributed by atoms with Gasteiger partial charge in [-0.2, -0.15) is 0 Å². The summed E-state index contributed by atoms with van der Waals surface area (Å²) in [6.45, 7) is 7.28. The zero-order valence-electron chi connectivity index (χ0n) is 11.7. The molecule has 0 aliphatic rings. The number of rotatable bonds is 4. The highest BCUT2D eigenvalue weighted by Crippen LogP contribution is 2.27. The van der Waals surface area contributed by atoms with Crippen molar-refractivity contribution in [2.75, 3.05) is 6.54 Å². The third-order valence-electron chi connectivity index (χ3n) is 3.36. The van der Waals surface area contributed by atoms with E-state index in [9.17, 15) is 0 Å². The number of nitrogens with one attached hydrogen (secondary N) is 1. The summed E-state index contributed by atoms with van der Waals surface area (Å²) in [5.41, 5.74) is 5.08. The maximum Gasteiger partial charge on any atom is 0.0579 e. The molecule has 1 unspecified atom stereocenters. The van der Waals surface area contributed by atoms with Crippen LogP contribution in [0.15, 0.2) is 42.5 Å². The Morgan fingerprint density at radius 1 is 1.05 bits per heavy atom. The molecule has 0 fully saturated rings. The molecule has 2 aromatic carbocycles. The lowest BCUT2D eigenvalue weighted by molar-refractivity contribution is 0.627. The van der Waals surface area contributed by atoms with Gasteiger partial charge in [-0.1, -0.05) is 54.4 Å². The van der Waals surface area contributed by atoms with Crippen LogP contribution in [0.5, 0.6) is 0 Å². The molecule has 0 saturated carbocycles. The molecule has 100 valence electrons. The largest absolute Gasteiger partial charge is 0.307 e. The zero-order chi connectivity index (χ0) is 13.8. The first kappa shape index (κ1) is 14.1. The standard InChI is InChI=1S/C17H20ClN/c1-4-19-17(14-7-5-12(2)6-8-14)16-10-9-15(18)11-13(16)3/h5-11,17,19H,4H2,1-3H3. The summed E-state index contributed by atoms with van der Waals surface area (Å²) in [7, 11) is 0. The minimum Gasteiger partial charge on any atom is -0.307 e. The van der Waals surface area contributed by atoms with Gasteiger partial charge in [0.15, 0.2) is 0 Å². The molecular weight excluding hydrogens is 254 g/mol. The Balaban J connectivity index is 2.41. The Morgan fingerprint density at radius 2 is 1.74 bits per heavy atom. The fourth-order valence-electron chi connectivity index (χ4n) is 2.33. The van der Waals surface area contributed by atoms with Crippen molar-refractivity contribution in [2.45, 2.75) is 26.8 Å². The van der Waals surface area contributed by atoms with Gasteiger partial charge in [-0.05, 0) is 49.2 Å². The van der Waals surface area contributed by atoms with Crippen LogP contribution in [0, 0.1) is 13.8 Å². The predicted octanol–water partition coefficient (Wildman–Crippen LogP) is 4.66. The van der Waals surface area contributed by atoms with Crippen LogP contribution in [-0.4, -0.2) is 6.54 Å². The maximum absolute atomic E-state index is 6.05. The summed E-state index contributed by atoms with van der Waals surface area (Å²) in [6, 6.07) is 15.0. The summed E-state index contributed by atoms with van der Waals surface area (Å²) in [4.78, 5) is 0. The van der Waals surface area contributed by atoms with Gasteiger partial charge in [0.2, 0.25) is 0 Å². The average molecular weight is 274 g/mol. The van der Waals surface area contributed by atoms with Crippen LogP contribution >= 0.6 is 11.6 Å². The molecule has 19 heavy (non-hydrogen) atoms. The summed E-state index contributed by atoms with van der Waals surface area (Å²) in [5, 5.41) is 4.34. The first-order chi connectivity index (χ1) is 9.11. The molecule has 0 amide bonds. The Labute approximate surface area is 120 Å². The van der Waals surface area contributed by atoms with E-state index >= 15 is 0 Å². The monoisotopic (exact) mass is 273 g/mol. The Hall–Kier alpha value is -1.31. The van der Waals surface area contributed by atoms with Crippen molar-refractivity contribution >= 4 is 11.6 Å². The highest BCUT2D eigenvalue weighted by molar-refractivity contribution is 6.30. The van der Waals surface area contributed by atoms with Crippen molar-refractivity contribution in [3.63, 3.8) is 0 Å². The zero-order valence-corrected chi connectivity index (χ0v) is 12.5. The van der Waals surface area contributed by atoms with Crippen molar-refractivity contribution in [1.82, 2.24) is 5.32 Å². The van der Waals surface area contributed by atoms with Gasteiger partial charge in [0.05, 0.1) is 6.04 Å². The van der Waals surface area contributed by atoms with E-state index in [0.29, 0.717) is 0 Å². The Bertz CT molecular complexity index is 546. The van der Waals surface area contributed by atoms with Crippen molar-refractivity contribution in [1.29, 1.82) is 0 Å². The Kier molecular flexibility index (Phi) is 4.62. The third kappa shape index (κ3) is 3.37. The normalized spacial score (nSPS) is 12.4. The van der Waals surface area contributed by atoms with Gasteiger partial charge < -0.3 is 5.32 Å². The fourth-order valence-corrected chi connectivity index (χ4v) is 2.56. The van der Waals surface area contributed by atoms with Crippen molar-refractivity contribution in [3.8, 4) is 0 Å². The molecular formula is C17H20ClN. The molecule has 2 heteroatoms. The van der Waals surface area contributed by atoms with Crippen LogP contribution in [0.3, 0.4) is 0 Å². The Morgan fingerprint density at radius 3 is 2.32 bits per heavy atom. The summed E-state index contributed by atoms with van der Waals surface area (Å²) in [6.07, 6.45) is 0. The minimum atomic E-state index is 0.225. The molecule has 1 atom stereocenters. The molecule has 0 heterocycles. The topological polar surface area (TPSA) is 12.0 Å². The van der Waals surface area contributed by atoms with Gasteiger partial charge in [-0.15, -0.1) is 0 Å². The number of aryl methyl sites for hydroxylation is 2. The van der Waals surface area contributed by atoms with Gasteiger partial charge in [0, 0.05) is 5.02 Å². The number of hydrogen-bond acceptors (Lipinski definition) is 1. The van der Waals surface area contributed by atoms with Crippen LogP contribution in [0.1, 0.15) is 35.2 Å². The molecule has 0 aromatic heterocycles. The van der Waals surface area contributed by atoms with Gasteiger partial charge in [0.25, 0.3) is 0 Å². The molecule has 0 aliphatic heterocycles. The fraction of sp³-hybridized carbons (Fsp3) is 0.294. The third-order valence-corrected chi connectivity index (χ3v) is 3.60. The number of halogens is 1. The van der Waals surface area contributed by atoms with Gasteiger partial charge in [-0.25, -0.2) is 0 Å². The quantitative estimate of drug-likeness (QED) is 0.855. The lowest BCUT2D eigenvalue weighted by atomic mass is 9.94. The smallest absolute Gasteiger partial charge is 0.0579 e. The first-order valence-corrected chi connectivity index (χ1v) is 7.05. The summed E-state index contributed by atoms with van der Waals surface area (Å²) in [5.74, 6) is 0. The summed E-state index contributed by atoms with van der Waals surface area (Å²) < 4.78 is 0. The van der Waals surface area contributed by atoms with E-state index in [1.54, 1.807) is 0 Å². The molecule has 0 saturated heterocycles. The van der Waals surface area contributed by atoms with Crippen molar-refractivity contribution in [2.24, 2.45) is 0 Å². The van der Waals surface area contributed by atoms with Gasteiger partial charge in [0.1, 0.15) is 0 Å². The van der Waals surface area contributed by atoms with E-state index in [1.807, 2.05) is 12.1 Å². The van der Waals surface area contributed by atoms with Crippen LogP contribution in [0.2, 0.25) is 5.02 Å². The van der Waals surface area contributed by atoms with E-state index in [4.69, 9.17) is 11.6 Å². The van der Waals surface area contributed by atoms with Crippen LogP contribution < -0.4 is 5.32 Å². The number of benzene rings is 2. The molecule has 0 bridgehead atoms. The van der Waals surface area contributed by atoms with Crippen LogP contribution in [0.4, 0.5) is 0 Å². The van der Waals surface area contributed by atoms with Crippen LogP contribution in [0.25, 0.3) is 0 Å². The first-order valence-electron chi connectivity index (χ1n) is 6.68. The van der Waals surface area contributed by atoms with E-state index in [2.05, 4.69) is 56.4 Å². The highest BCUT2D eigenvalue weighted by Gasteiger charge is 2.14. The molecule has 0 radical (unpaired) electrons. The average Bonchev–Trinajstić information content (AvgIpc) is 2.38. The van der Waals surface area contributed by atoms with Crippen LogP contribution in [-0.2, 0) is 0 Å². The van der Waals surface area contributed by atoms with E-state index in [1.165, 1.54) is 22.3 Å². The second-order valence-corrected chi connectivity index (χ2v) is 5.34. The second kappa shape index (κ2) is 6.23. The molecule has 2 aromatic rings. The molecule has 0 aliphatic carbocycles. The van der Waals surface area contributed by atoms with Crippen molar-refractivity contribution in [3.05, 3.63) is 69.7 Å². The molecule has 2 rings (SSSR count). The molecule has 1 nitrogen and oxygen atoms in total. The van der Waals surface area contributed by atoms with Gasteiger partial charge >= 0.3 is 0 Å². The van der Waals surface area contributed by atoms with Crippen molar-refractivity contribution < 1.29 is 0 Å². The van der Waals surface area contributed by atoms with Gasteiger partial charge in [-0.3, -0.25) is 0 Å². The lowest BCUT2D eigenvalue weighted by Crippen LogP contribution is -2.22. The minimum absolute atomic E-state index is 0.225. The van der Waals surface area contributed by atoms with E-state index in [-0.39, 0.29) is 6.04 Å². The molecule has 1 N–H and O–H groups in total. The summed E-state index contributed by atoms with van der Waals surface area (Å²) >= 11 is 6.05. The predicted molar refractivity (Wildman–Crippen MR) is 82.9 cm³/mol. The maximum atomic E-state index is 6.05. The molecule has 0 spiro atoms. The number of hydrogen-bond donors (Lipinski definition) is 1. The van der Waals surface area contributed by atoms with E-state index in [0.717, 1.165) is 11.6 Å². The lowest BCUT2D eigenvalue weighted by Gasteiger charge is -2.21. The second-order valence-electron chi connectivity index (χ2n) is 4.90. The van der Waals surface area contributed by atoms with E-state index < -0.39 is 0 Å². The highest BCUT2D eigenvalue weighted by atomic mass is 35.5.